The van der Waals surface area contributed by atoms with E-state index in [1.807, 2.05) is 6.92 Å². The van der Waals surface area contributed by atoms with Crippen LogP contribution in [0.25, 0.3) is 0 Å². The average Bonchev–Trinajstić information content (AvgIpc) is 1.61. The summed E-state index contributed by atoms with van der Waals surface area (Å²) in [4.78, 5) is 0.475. The van der Waals surface area contributed by atoms with Crippen LogP contribution in [0.15, 0.2) is 0 Å². The smallest absolute Gasteiger partial charge is 0.0894 e. The zero-order valence-electron chi connectivity index (χ0n) is 4.45. The average molecular weight is 169 g/mol. The Kier molecular flexibility index (Phi) is 4.83. The van der Waals surface area contributed by atoms with Gasteiger partial charge in [-0.05, 0) is 12.8 Å². The summed E-state index contributed by atoms with van der Waals surface area (Å²) in [5.74, 6) is 0. The molecule has 0 N–H and O–H groups in total. The Morgan fingerprint density at radius 2 is 2.29 bits per heavy atom. The van der Waals surface area contributed by atoms with Crippen LogP contribution in [0.5, 0.6) is 0 Å². The van der Waals surface area contributed by atoms with Gasteiger partial charge >= 0.3 is 0 Å². The van der Waals surface area contributed by atoms with Crippen LogP contribution in [0, 0.1) is 0 Å². The van der Waals surface area contributed by atoms with Crippen molar-refractivity contribution in [3.63, 3.8) is 0 Å². The van der Waals surface area contributed by atoms with Crippen LogP contribution < -0.4 is 0 Å². The summed E-state index contributed by atoms with van der Waals surface area (Å²) in [6.07, 6.45) is 1.63. The molecule has 0 aliphatic carbocycles. The molecule has 0 aromatic rings. The molecule has 2 heteroatoms. The van der Waals surface area contributed by atoms with Crippen molar-refractivity contribution >= 4 is 15.9 Å². The Hall–Kier alpha value is 0.410. The topological polar surface area (TPSA) is 0 Å². The van der Waals surface area contributed by atoms with Crippen LogP contribution in [0.2, 0.25) is 0 Å². The quantitative estimate of drug-likeness (QED) is 0.569. The summed E-state index contributed by atoms with van der Waals surface area (Å²) in [6.45, 7) is 1.84. The van der Waals surface area contributed by atoms with Gasteiger partial charge in [-0.1, -0.05) is 22.9 Å². The standard InChI is InChI=1S/C5H10BrF/c1-5(6)3-2-4-7/h5H,2-4H2,1H3. The van der Waals surface area contributed by atoms with Crippen LogP contribution in [0.1, 0.15) is 19.8 Å². The maximum atomic E-state index is 11.3. The van der Waals surface area contributed by atoms with Crippen molar-refractivity contribution in [3.8, 4) is 0 Å². The number of hydrogen-bond acceptors (Lipinski definition) is 0. The van der Waals surface area contributed by atoms with Crippen LogP contribution in [-0.2, 0) is 0 Å². The lowest BCUT2D eigenvalue weighted by molar-refractivity contribution is 0.463. The predicted molar refractivity (Wildman–Crippen MR) is 33.6 cm³/mol. The van der Waals surface area contributed by atoms with Crippen molar-refractivity contribution in [1.82, 2.24) is 0 Å². The molecule has 0 heterocycles. The van der Waals surface area contributed by atoms with Gasteiger partial charge in [0.25, 0.3) is 0 Å². The molecule has 0 aromatic carbocycles. The molecule has 0 amide bonds. The SMILES string of the molecule is CC(Br)CCCF. The highest BCUT2D eigenvalue weighted by Crippen LogP contribution is 2.05. The maximum Gasteiger partial charge on any atom is 0.0894 e. The lowest BCUT2D eigenvalue weighted by Gasteiger charge is -1.95. The van der Waals surface area contributed by atoms with E-state index in [1.54, 1.807) is 0 Å². The molecule has 1 atom stereocenters. The highest BCUT2D eigenvalue weighted by Gasteiger charge is 1.92. The summed E-state index contributed by atoms with van der Waals surface area (Å²) in [6, 6.07) is 0. The fourth-order valence-electron chi connectivity index (χ4n) is 0.358. The Labute approximate surface area is 52.2 Å². The maximum absolute atomic E-state index is 11.3. The summed E-state index contributed by atoms with van der Waals surface area (Å²) in [5.41, 5.74) is 0. The van der Waals surface area contributed by atoms with E-state index in [2.05, 4.69) is 15.9 Å². The summed E-state index contributed by atoms with van der Waals surface area (Å²) < 4.78 is 11.3. The van der Waals surface area contributed by atoms with Crippen LogP contribution in [0.4, 0.5) is 4.39 Å². The van der Waals surface area contributed by atoms with Crippen molar-refractivity contribution in [1.29, 1.82) is 0 Å². The first-order chi connectivity index (χ1) is 3.27. The molecule has 0 rings (SSSR count). The van der Waals surface area contributed by atoms with E-state index >= 15 is 0 Å². The third-order valence-corrected chi connectivity index (χ3v) is 1.19. The third kappa shape index (κ3) is 6.41. The minimum Gasteiger partial charge on any atom is -0.251 e. The fourth-order valence-corrected chi connectivity index (χ4v) is 0.682. The minimum absolute atomic E-state index is 0.185. The van der Waals surface area contributed by atoms with Crippen molar-refractivity contribution in [2.24, 2.45) is 0 Å². The van der Waals surface area contributed by atoms with E-state index in [9.17, 15) is 4.39 Å². The van der Waals surface area contributed by atoms with E-state index in [0.29, 0.717) is 11.2 Å². The Balaban J connectivity index is 2.68. The molecule has 0 saturated heterocycles. The first-order valence-corrected chi connectivity index (χ1v) is 3.39. The third-order valence-electron chi connectivity index (χ3n) is 0.736. The minimum atomic E-state index is -0.185. The van der Waals surface area contributed by atoms with Gasteiger partial charge in [0.2, 0.25) is 0 Å². The van der Waals surface area contributed by atoms with E-state index in [1.165, 1.54) is 0 Å². The van der Waals surface area contributed by atoms with Gasteiger partial charge in [-0.15, -0.1) is 0 Å². The molecule has 0 bridgehead atoms. The van der Waals surface area contributed by atoms with Gasteiger partial charge < -0.3 is 0 Å². The highest BCUT2D eigenvalue weighted by atomic mass is 79.9. The molecule has 0 radical (unpaired) electrons. The molecule has 0 aromatic heterocycles. The number of hydrogen-bond donors (Lipinski definition) is 0. The van der Waals surface area contributed by atoms with Gasteiger partial charge in [-0.25, -0.2) is 0 Å². The number of rotatable bonds is 3. The van der Waals surface area contributed by atoms with Crippen LogP contribution in [0.3, 0.4) is 0 Å². The van der Waals surface area contributed by atoms with Gasteiger partial charge in [0.15, 0.2) is 0 Å². The van der Waals surface area contributed by atoms with Crippen molar-refractivity contribution in [2.45, 2.75) is 24.6 Å². The van der Waals surface area contributed by atoms with Crippen molar-refractivity contribution < 1.29 is 4.39 Å². The lowest BCUT2D eigenvalue weighted by Crippen LogP contribution is -1.88. The molecular weight excluding hydrogens is 159 g/mol. The number of alkyl halides is 2. The molecule has 0 fully saturated rings. The molecule has 0 nitrogen and oxygen atoms in total. The molecule has 0 saturated carbocycles. The molecule has 0 aliphatic rings. The number of halogens is 2. The zero-order valence-corrected chi connectivity index (χ0v) is 6.04. The lowest BCUT2D eigenvalue weighted by atomic mass is 10.3. The van der Waals surface area contributed by atoms with Crippen molar-refractivity contribution in [3.05, 3.63) is 0 Å². The molecular formula is C5H10BrF. The Morgan fingerprint density at radius 1 is 1.71 bits per heavy atom. The Bertz CT molecular complexity index is 37.1. The summed E-state index contributed by atoms with van der Waals surface area (Å²) in [5, 5.41) is 0. The van der Waals surface area contributed by atoms with Crippen molar-refractivity contribution in [2.75, 3.05) is 6.67 Å². The van der Waals surface area contributed by atoms with E-state index in [-0.39, 0.29) is 6.67 Å². The van der Waals surface area contributed by atoms with E-state index in [4.69, 9.17) is 0 Å². The first-order valence-electron chi connectivity index (χ1n) is 2.47. The fraction of sp³-hybridized carbons (Fsp3) is 1.00. The van der Waals surface area contributed by atoms with Crippen LogP contribution >= 0.6 is 15.9 Å². The van der Waals surface area contributed by atoms with Gasteiger partial charge in [-0.3, -0.25) is 4.39 Å². The van der Waals surface area contributed by atoms with E-state index < -0.39 is 0 Å². The second-order valence-electron chi connectivity index (χ2n) is 1.61. The van der Waals surface area contributed by atoms with Gasteiger partial charge in [0.05, 0.1) is 6.67 Å². The molecule has 44 valence electrons. The van der Waals surface area contributed by atoms with Gasteiger partial charge in [-0.2, -0.15) is 0 Å². The second kappa shape index (κ2) is 4.57. The van der Waals surface area contributed by atoms with Crippen LogP contribution in [-0.4, -0.2) is 11.5 Å². The predicted octanol–water partition coefficient (Wildman–Crippen LogP) is 2.52. The first kappa shape index (κ1) is 7.41. The second-order valence-corrected chi connectivity index (χ2v) is 3.18. The molecule has 1 unspecified atom stereocenters. The largest absolute Gasteiger partial charge is 0.251 e. The summed E-state index contributed by atoms with van der Waals surface area (Å²) in [7, 11) is 0. The Morgan fingerprint density at radius 3 is 2.43 bits per heavy atom. The van der Waals surface area contributed by atoms with Gasteiger partial charge in [0, 0.05) is 4.83 Å². The van der Waals surface area contributed by atoms with E-state index in [0.717, 1.165) is 6.42 Å². The summed E-state index contributed by atoms with van der Waals surface area (Å²) >= 11 is 3.31. The highest BCUT2D eigenvalue weighted by molar-refractivity contribution is 9.09. The molecule has 0 aliphatic heterocycles. The molecule has 7 heavy (non-hydrogen) atoms. The van der Waals surface area contributed by atoms with Gasteiger partial charge in [0.1, 0.15) is 0 Å². The monoisotopic (exact) mass is 168 g/mol. The molecule has 0 spiro atoms. The zero-order chi connectivity index (χ0) is 5.70. The normalized spacial score (nSPS) is 14.1.